The lowest BCUT2D eigenvalue weighted by molar-refractivity contribution is 0.396. The maximum absolute atomic E-state index is 13.0. The minimum Gasteiger partial charge on any atom is -0.479 e. The van der Waals surface area contributed by atoms with Crippen LogP contribution in [0.2, 0.25) is 0 Å². The third-order valence-corrected chi connectivity index (χ3v) is 2.86. The Labute approximate surface area is 120 Å². The van der Waals surface area contributed by atoms with Gasteiger partial charge in [-0.25, -0.2) is 4.39 Å². The molecule has 0 aliphatic heterocycles. The highest BCUT2D eigenvalue weighted by molar-refractivity contribution is 5.65. The fourth-order valence-corrected chi connectivity index (χ4v) is 1.85. The second-order valence-electron chi connectivity index (χ2n) is 4.22. The molecule has 6 heteroatoms. The number of aromatic nitrogens is 4. The molecule has 0 atom stereocenters. The Hall–Kier alpha value is -2.89. The third kappa shape index (κ3) is 2.69. The van der Waals surface area contributed by atoms with Gasteiger partial charge in [-0.2, -0.15) is 4.98 Å². The molecule has 1 aromatic carbocycles. The van der Waals surface area contributed by atoms with Crippen molar-refractivity contribution >= 4 is 0 Å². The maximum Gasteiger partial charge on any atom is 0.244 e. The predicted molar refractivity (Wildman–Crippen MR) is 75.0 cm³/mol. The quantitative estimate of drug-likeness (QED) is 0.739. The van der Waals surface area contributed by atoms with Crippen LogP contribution in [-0.4, -0.2) is 27.3 Å². The molecule has 0 saturated carbocycles. The van der Waals surface area contributed by atoms with Gasteiger partial charge in [0.1, 0.15) is 11.5 Å². The topological polar surface area (TPSA) is 60.8 Å². The largest absolute Gasteiger partial charge is 0.479 e. The minimum absolute atomic E-state index is 0.316. The van der Waals surface area contributed by atoms with E-state index < -0.39 is 0 Å². The van der Waals surface area contributed by atoms with Crippen molar-refractivity contribution < 1.29 is 9.13 Å². The van der Waals surface area contributed by atoms with E-state index in [1.54, 1.807) is 30.5 Å². The maximum atomic E-state index is 13.0. The molecule has 2 heterocycles. The lowest BCUT2D eigenvalue weighted by Gasteiger charge is -2.07. The summed E-state index contributed by atoms with van der Waals surface area (Å²) in [5, 5.41) is 8.18. The fourth-order valence-electron chi connectivity index (χ4n) is 1.85. The number of halogens is 1. The van der Waals surface area contributed by atoms with Crippen molar-refractivity contribution in [3.05, 3.63) is 54.5 Å². The van der Waals surface area contributed by atoms with Crippen molar-refractivity contribution in [2.45, 2.75) is 0 Å². The van der Waals surface area contributed by atoms with Crippen molar-refractivity contribution in [1.29, 1.82) is 0 Å². The van der Waals surface area contributed by atoms with E-state index in [2.05, 4.69) is 20.2 Å². The Morgan fingerprint density at radius 2 is 1.81 bits per heavy atom. The molecule has 0 bridgehead atoms. The zero-order valence-electron chi connectivity index (χ0n) is 11.2. The molecule has 0 N–H and O–H groups in total. The van der Waals surface area contributed by atoms with Gasteiger partial charge in [-0.1, -0.05) is 6.07 Å². The number of pyridine rings is 1. The van der Waals surface area contributed by atoms with Gasteiger partial charge in [0.15, 0.2) is 5.69 Å². The van der Waals surface area contributed by atoms with Crippen LogP contribution in [0.4, 0.5) is 4.39 Å². The van der Waals surface area contributed by atoms with Crippen LogP contribution in [0.25, 0.3) is 22.8 Å². The zero-order valence-corrected chi connectivity index (χ0v) is 11.2. The Morgan fingerprint density at radius 3 is 2.48 bits per heavy atom. The second kappa shape index (κ2) is 5.62. The van der Waals surface area contributed by atoms with E-state index in [9.17, 15) is 4.39 Å². The summed E-state index contributed by atoms with van der Waals surface area (Å²) >= 11 is 0. The number of methoxy groups -OCH3 is 1. The van der Waals surface area contributed by atoms with E-state index in [0.717, 1.165) is 0 Å². The van der Waals surface area contributed by atoms with Gasteiger partial charge < -0.3 is 4.74 Å². The molecule has 3 aromatic rings. The number of rotatable bonds is 3. The first-order chi connectivity index (χ1) is 10.3. The smallest absolute Gasteiger partial charge is 0.244 e. The lowest BCUT2D eigenvalue weighted by atomic mass is 10.1. The molecule has 0 amide bonds. The summed E-state index contributed by atoms with van der Waals surface area (Å²) in [5.74, 6) is 0.374. The molecule has 0 radical (unpaired) electrons. The highest BCUT2D eigenvalue weighted by Gasteiger charge is 2.13. The second-order valence-corrected chi connectivity index (χ2v) is 4.22. The summed E-state index contributed by atoms with van der Waals surface area (Å²) in [5.41, 5.74) is 1.74. The van der Waals surface area contributed by atoms with Crippen molar-refractivity contribution in [3.8, 4) is 28.7 Å². The summed E-state index contributed by atoms with van der Waals surface area (Å²) in [6.45, 7) is 0. The molecule has 5 nitrogen and oxygen atoms in total. The van der Waals surface area contributed by atoms with Crippen molar-refractivity contribution in [2.75, 3.05) is 7.11 Å². The summed E-state index contributed by atoms with van der Waals surface area (Å²) in [4.78, 5) is 8.48. The van der Waals surface area contributed by atoms with Crippen LogP contribution < -0.4 is 4.74 Å². The van der Waals surface area contributed by atoms with E-state index in [1.807, 2.05) is 6.07 Å². The highest BCUT2D eigenvalue weighted by Crippen LogP contribution is 2.26. The molecule has 0 saturated heterocycles. The first-order valence-corrected chi connectivity index (χ1v) is 6.24. The van der Waals surface area contributed by atoms with E-state index in [0.29, 0.717) is 28.7 Å². The highest BCUT2D eigenvalue weighted by atomic mass is 19.1. The van der Waals surface area contributed by atoms with Crippen LogP contribution in [0.3, 0.4) is 0 Å². The van der Waals surface area contributed by atoms with E-state index in [4.69, 9.17) is 4.74 Å². The van der Waals surface area contributed by atoms with Gasteiger partial charge in [0.2, 0.25) is 11.7 Å². The fraction of sp³-hybridized carbons (Fsp3) is 0.0667. The molecular weight excluding hydrogens is 271 g/mol. The Kier molecular flexibility index (Phi) is 3.51. The number of hydrogen-bond donors (Lipinski definition) is 0. The molecular formula is C15H11FN4O. The first-order valence-electron chi connectivity index (χ1n) is 6.24. The Morgan fingerprint density at radius 1 is 1.00 bits per heavy atom. The van der Waals surface area contributed by atoms with Gasteiger partial charge in [-0.15, -0.1) is 10.2 Å². The molecule has 0 unspecified atom stereocenters. The summed E-state index contributed by atoms with van der Waals surface area (Å²) in [7, 11) is 1.50. The number of ether oxygens (including phenoxy) is 1. The number of benzene rings is 1. The lowest BCUT2D eigenvalue weighted by Crippen LogP contribution is -2.01. The van der Waals surface area contributed by atoms with Crippen molar-refractivity contribution in [3.63, 3.8) is 0 Å². The molecule has 3 rings (SSSR count). The molecule has 2 aromatic heterocycles. The summed E-state index contributed by atoms with van der Waals surface area (Å²) in [6, 6.07) is 11.3. The predicted octanol–water partition coefficient (Wildman–Crippen LogP) is 2.75. The van der Waals surface area contributed by atoms with Crippen LogP contribution in [0.1, 0.15) is 0 Å². The van der Waals surface area contributed by atoms with Crippen LogP contribution in [0.15, 0.2) is 48.7 Å². The molecule has 0 spiro atoms. The van der Waals surface area contributed by atoms with Crippen LogP contribution >= 0.6 is 0 Å². The van der Waals surface area contributed by atoms with Crippen molar-refractivity contribution in [1.82, 2.24) is 20.2 Å². The molecule has 0 aliphatic rings. The standard InChI is InChI=1S/C15H11FN4O/c1-21-15-13(10-5-7-11(16)8-6-10)19-20-14(18-15)12-4-2-3-9-17-12/h2-9H,1H3. The van der Waals surface area contributed by atoms with E-state index in [1.165, 1.54) is 19.2 Å². The minimum atomic E-state index is -0.316. The summed E-state index contributed by atoms with van der Waals surface area (Å²) in [6.07, 6.45) is 1.65. The Balaban J connectivity index is 2.06. The molecule has 0 fully saturated rings. The molecule has 21 heavy (non-hydrogen) atoms. The van der Waals surface area contributed by atoms with Gasteiger partial charge in [-0.3, -0.25) is 4.98 Å². The average Bonchev–Trinajstić information content (AvgIpc) is 2.56. The van der Waals surface area contributed by atoms with Gasteiger partial charge in [0, 0.05) is 11.8 Å². The SMILES string of the molecule is COc1nc(-c2ccccn2)nnc1-c1ccc(F)cc1. The normalized spacial score (nSPS) is 10.4. The van der Waals surface area contributed by atoms with Gasteiger partial charge in [0.05, 0.1) is 7.11 Å². The van der Waals surface area contributed by atoms with Gasteiger partial charge in [0.25, 0.3) is 0 Å². The van der Waals surface area contributed by atoms with E-state index >= 15 is 0 Å². The van der Waals surface area contributed by atoms with E-state index in [-0.39, 0.29) is 5.82 Å². The van der Waals surface area contributed by atoms with Gasteiger partial charge >= 0.3 is 0 Å². The number of hydrogen-bond acceptors (Lipinski definition) is 5. The monoisotopic (exact) mass is 282 g/mol. The first kappa shape index (κ1) is 13.1. The van der Waals surface area contributed by atoms with Crippen LogP contribution in [0.5, 0.6) is 5.88 Å². The molecule has 0 aliphatic carbocycles. The van der Waals surface area contributed by atoms with Gasteiger partial charge in [-0.05, 0) is 36.4 Å². The van der Waals surface area contributed by atoms with Crippen molar-refractivity contribution in [2.24, 2.45) is 0 Å². The number of nitrogens with zero attached hydrogens (tertiary/aromatic N) is 4. The average molecular weight is 282 g/mol. The van der Waals surface area contributed by atoms with Crippen LogP contribution in [-0.2, 0) is 0 Å². The third-order valence-electron chi connectivity index (χ3n) is 2.86. The zero-order chi connectivity index (χ0) is 14.7. The molecule has 104 valence electrons. The van der Waals surface area contributed by atoms with Crippen LogP contribution in [0, 0.1) is 5.82 Å². The Bertz CT molecular complexity index is 747. The summed E-state index contributed by atoms with van der Waals surface area (Å²) < 4.78 is 18.2.